The van der Waals surface area contributed by atoms with E-state index in [9.17, 15) is 4.79 Å². The summed E-state index contributed by atoms with van der Waals surface area (Å²) in [6.45, 7) is 8.76. The molecule has 5 heteroatoms. The average Bonchev–Trinajstić information content (AvgIpc) is 2.60. The molecule has 1 aromatic rings. The van der Waals surface area contributed by atoms with Crippen LogP contribution >= 0.6 is 0 Å². The number of hydrogen-bond acceptors (Lipinski definition) is 5. The molecule has 1 atom stereocenters. The molecule has 1 heterocycles. The van der Waals surface area contributed by atoms with Crippen LogP contribution < -0.4 is 5.06 Å². The third-order valence-corrected chi connectivity index (χ3v) is 3.66. The van der Waals surface area contributed by atoms with Crippen molar-refractivity contribution >= 4 is 11.7 Å². The first-order valence-corrected chi connectivity index (χ1v) is 8.28. The highest BCUT2D eigenvalue weighted by atomic mass is 16.7. The number of carbonyl (C=O) groups is 1. The molecule has 5 nitrogen and oxygen atoms in total. The fraction of sp³-hybridized carbons (Fsp3) is 0.421. The lowest BCUT2D eigenvalue weighted by molar-refractivity contribution is 0.0153. The van der Waals surface area contributed by atoms with Crippen molar-refractivity contribution in [1.82, 2.24) is 0 Å². The van der Waals surface area contributed by atoms with E-state index in [4.69, 9.17) is 14.3 Å². The van der Waals surface area contributed by atoms with E-state index < -0.39 is 0 Å². The highest BCUT2D eigenvalue weighted by Gasteiger charge is 2.22. The number of benzene rings is 1. The quantitative estimate of drug-likeness (QED) is 0.553. The van der Waals surface area contributed by atoms with E-state index in [1.165, 1.54) is 0 Å². The van der Waals surface area contributed by atoms with Gasteiger partial charge in [-0.15, -0.1) is 0 Å². The van der Waals surface area contributed by atoms with Gasteiger partial charge in [-0.05, 0) is 63.1 Å². The molecule has 1 aliphatic heterocycles. The summed E-state index contributed by atoms with van der Waals surface area (Å²) in [5.74, 6) is 0.557. The normalized spacial score (nSPS) is 16.8. The summed E-state index contributed by atoms with van der Waals surface area (Å²) in [6.07, 6.45) is 4.43. The SMILES string of the molecule is CCCOC(=O)c1ccc(N(OCC)C2C=CC(C)=C(C)O2)cc1. The summed E-state index contributed by atoms with van der Waals surface area (Å²) in [6, 6.07) is 7.13. The molecule has 1 aromatic carbocycles. The Morgan fingerprint density at radius 1 is 1.21 bits per heavy atom. The van der Waals surface area contributed by atoms with Crippen LogP contribution in [0.4, 0.5) is 5.69 Å². The van der Waals surface area contributed by atoms with Crippen molar-refractivity contribution in [3.05, 3.63) is 53.3 Å². The maximum absolute atomic E-state index is 11.9. The second-order valence-corrected chi connectivity index (χ2v) is 5.53. The molecular weight excluding hydrogens is 306 g/mol. The molecule has 0 aromatic heterocycles. The summed E-state index contributed by atoms with van der Waals surface area (Å²) in [7, 11) is 0. The number of esters is 1. The number of hydroxylamine groups is 1. The molecule has 0 bridgehead atoms. The topological polar surface area (TPSA) is 48.0 Å². The number of carbonyl (C=O) groups excluding carboxylic acids is 1. The van der Waals surface area contributed by atoms with E-state index in [1.54, 1.807) is 17.2 Å². The molecule has 0 saturated carbocycles. The summed E-state index contributed by atoms with van der Waals surface area (Å²) in [4.78, 5) is 17.6. The third-order valence-electron chi connectivity index (χ3n) is 3.66. The molecule has 0 amide bonds. The van der Waals surface area contributed by atoms with Crippen molar-refractivity contribution in [2.45, 2.75) is 40.3 Å². The molecule has 0 radical (unpaired) electrons. The molecule has 130 valence electrons. The van der Waals surface area contributed by atoms with E-state index in [2.05, 4.69) is 0 Å². The highest BCUT2D eigenvalue weighted by molar-refractivity contribution is 5.89. The molecule has 0 aliphatic carbocycles. The predicted molar refractivity (Wildman–Crippen MR) is 93.5 cm³/mol. The van der Waals surface area contributed by atoms with Gasteiger partial charge in [0.2, 0.25) is 6.23 Å². The van der Waals surface area contributed by atoms with Crippen LogP contribution in [-0.4, -0.2) is 25.4 Å². The van der Waals surface area contributed by atoms with Gasteiger partial charge in [-0.3, -0.25) is 4.84 Å². The van der Waals surface area contributed by atoms with Crippen LogP contribution in [0.2, 0.25) is 0 Å². The van der Waals surface area contributed by atoms with Gasteiger partial charge in [0.15, 0.2) is 0 Å². The second-order valence-electron chi connectivity index (χ2n) is 5.53. The van der Waals surface area contributed by atoms with Crippen LogP contribution in [0, 0.1) is 0 Å². The van der Waals surface area contributed by atoms with Crippen molar-refractivity contribution in [2.75, 3.05) is 18.3 Å². The minimum Gasteiger partial charge on any atom is -0.469 e. The van der Waals surface area contributed by atoms with E-state index in [1.807, 2.05) is 52.0 Å². The van der Waals surface area contributed by atoms with Gasteiger partial charge in [-0.2, -0.15) is 0 Å². The van der Waals surface area contributed by atoms with E-state index in [0.29, 0.717) is 18.8 Å². The van der Waals surface area contributed by atoms with E-state index >= 15 is 0 Å². The Hall–Kier alpha value is -2.27. The molecule has 0 saturated heterocycles. The minimum atomic E-state index is -0.341. The van der Waals surface area contributed by atoms with Gasteiger partial charge in [0, 0.05) is 0 Å². The van der Waals surface area contributed by atoms with Crippen molar-refractivity contribution in [3.63, 3.8) is 0 Å². The number of rotatable bonds is 7. The molecule has 0 N–H and O–H groups in total. The summed E-state index contributed by atoms with van der Waals surface area (Å²) in [5, 5.41) is 1.70. The number of allylic oxidation sites excluding steroid dienone is 3. The van der Waals surface area contributed by atoms with Crippen molar-refractivity contribution in [2.24, 2.45) is 0 Å². The standard InChI is InChI=1S/C19H25NO4/c1-5-13-22-19(21)16-8-10-17(11-9-16)20(23-6-2)18-12-7-14(3)15(4)24-18/h7-12,18H,5-6,13H2,1-4H3. The van der Waals surface area contributed by atoms with Crippen molar-refractivity contribution < 1.29 is 19.1 Å². The highest BCUT2D eigenvalue weighted by Crippen LogP contribution is 2.25. The Balaban J connectivity index is 2.14. The average molecular weight is 331 g/mol. The van der Waals surface area contributed by atoms with Gasteiger partial charge < -0.3 is 9.47 Å². The van der Waals surface area contributed by atoms with Crippen LogP contribution in [0.3, 0.4) is 0 Å². The molecule has 0 spiro atoms. The lowest BCUT2D eigenvalue weighted by Gasteiger charge is -2.32. The molecule has 1 unspecified atom stereocenters. The van der Waals surface area contributed by atoms with Gasteiger partial charge in [-0.1, -0.05) is 13.0 Å². The number of hydrogen-bond donors (Lipinski definition) is 0. The minimum absolute atomic E-state index is 0.311. The summed E-state index contributed by atoms with van der Waals surface area (Å²) < 4.78 is 11.0. The fourth-order valence-corrected chi connectivity index (χ4v) is 2.24. The van der Waals surface area contributed by atoms with Gasteiger partial charge in [0.05, 0.1) is 30.2 Å². The van der Waals surface area contributed by atoms with E-state index in [-0.39, 0.29) is 12.2 Å². The number of ether oxygens (including phenoxy) is 2. The van der Waals surface area contributed by atoms with Crippen molar-refractivity contribution in [1.29, 1.82) is 0 Å². The fourth-order valence-electron chi connectivity index (χ4n) is 2.24. The molecule has 2 rings (SSSR count). The monoisotopic (exact) mass is 331 g/mol. The first-order valence-electron chi connectivity index (χ1n) is 8.28. The first kappa shape index (κ1) is 18.1. The van der Waals surface area contributed by atoms with Crippen LogP contribution in [0.15, 0.2) is 47.7 Å². The number of anilines is 1. The summed E-state index contributed by atoms with van der Waals surface area (Å²) >= 11 is 0. The molecule has 1 aliphatic rings. The maximum atomic E-state index is 11.9. The van der Waals surface area contributed by atoms with E-state index in [0.717, 1.165) is 23.4 Å². The predicted octanol–water partition coefficient (Wildman–Crippen LogP) is 4.22. The largest absolute Gasteiger partial charge is 0.469 e. The Labute approximate surface area is 143 Å². The van der Waals surface area contributed by atoms with Gasteiger partial charge >= 0.3 is 5.97 Å². The molecule has 24 heavy (non-hydrogen) atoms. The van der Waals surface area contributed by atoms with Gasteiger partial charge in [0.1, 0.15) is 0 Å². The molecule has 0 fully saturated rings. The lowest BCUT2D eigenvalue weighted by atomic mass is 10.2. The zero-order chi connectivity index (χ0) is 17.5. The van der Waals surface area contributed by atoms with Crippen molar-refractivity contribution in [3.8, 4) is 0 Å². The smallest absolute Gasteiger partial charge is 0.338 e. The maximum Gasteiger partial charge on any atom is 0.338 e. The van der Waals surface area contributed by atoms with Gasteiger partial charge in [0.25, 0.3) is 0 Å². The molecular formula is C19H25NO4. The third kappa shape index (κ3) is 4.38. The Bertz CT molecular complexity index is 619. The zero-order valence-corrected chi connectivity index (χ0v) is 14.7. The van der Waals surface area contributed by atoms with Crippen LogP contribution in [0.5, 0.6) is 0 Å². The first-order chi connectivity index (χ1) is 11.6. The number of nitrogens with zero attached hydrogens (tertiary/aromatic N) is 1. The zero-order valence-electron chi connectivity index (χ0n) is 14.7. The van der Waals surface area contributed by atoms with Crippen LogP contribution in [-0.2, 0) is 14.3 Å². The Kier molecular flexibility index (Phi) is 6.44. The Morgan fingerprint density at radius 3 is 2.50 bits per heavy atom. The van der Waals surface area contributed by atoms with Crippen LogP contribution in [0.1, 0.15) is 44.5 Å². The Morgan fingerprint density at radius 2 is 1.92 bits per heavy atom. The van der Waals surface area contributed by atoms with Gasteiger partial charge in [-0.25, -0.2) is 9.86 Å². The van der Waals surface area contributed by atoms with Crippen LogP contribution in [0.25, 0.3) is 0 Å². The second kappa shape index (κ2) is 8.55. The lowest BCUT2D eigenvalue weighted by Crippen LogP contribution is -2.37. The summed E-state index contributed by atoms with van der Waals surface area (Å²) in [5.41, 5.74) is 2.43.